The van der Waals surface area contributed by atoms with Crippen molar-refractivity contribution in [1.82, 2.24) is 14.8 Å². The SMILES string of the molecule is Cn1nc(-c2cccc(Br)c2F)c(-c2cccnc2)c1N. The Kier molecular flexibility index (Phi) is 3.47. The van der Waals surface area contributed by atoms with Crippen molar-refractivity contribution in [3.05, 3.63) is 53.0 Å². The maximum absolute atomic E-state index is 14.4. The van der Waals surface area contributed by atoms with Gasteiger partial charge in [-0.3, -0.25) is 9.67 Å². The first-order valence-electron chi connectivity index (χ1n) is 6.27. The topological polar surface area (TPSA) is 56.7 Å². The van der Waals surface area contributed by atoms with E-state index in [-0.39, 0.29) is 5.82 Å². The van der Waals surface area contributed by atoms with Crippen LogP contribution in [0.2, 0.25) is 0 Å². The van der Waals surface area contributed by atoms with Crippen molar-refractivity contribution in [2.24, 2.45) is 7.05 Å². The third-order valence-corrected chi connectivity index (χ3v) is 3.86. The molecule has 4 nitrogen and oxygen atoms in total. The Balaban J connectivity index is 2.30. The summed E-state index contributed by atoms with van der Waals surface area (Å²) in [5, 5.41) is 4.36. The fourth-order valence-corrected chi connectivity index (χ4v) is 2.57. The van der Waals surface area contributed by atoms with E-state index in [4.69, 9.17) is 5.73 Å². The van der Waals surface area contributed by atoms with Gasteiger partial charge in [0, 0.05) is 30.6 Å². The second-order valence-electron chi connectivity index (χ2n) is 4.58. The molecule has 0 unspecified atom stereocenters. The van der Waals surface area contributed by atoms with Gasteiger partial charge in [-0.1, -0.05) is 12.1 Å². The Hall–Kier alpha value is -2.21. The van der Waals surface area contributed by atoms with Crippen LogP contribution in [-0.2, 0) is 7.05 Å². The summed E-state index contributed by atoms with van der Waals surface area (Å²) in [7, 11) is 1.73. The van der Waals surface area contributed by atoms with Gasteiger partial charge in [0.15, 0.2) is 0 Å². The van der Waals surface area contributed by atoms with Gasteiger partial charge in [0.1, 0.15) is 17.3 Å². The molecule has 3 rings (SSSR count). The van der Waals surface area contributed by atoms with E-state index in [2.05, 4.69) is 26.0 Å². The van der Waals surface area contributed by atoms with Crippen molar-refractivity contribution in [3.63, 3.8) is 0 Å². The third-order valence-electron chi connectivity index (χ3n) is 3.25. The highest BCUT2D eigenvalue weighted by Crippen LogP contribution is 2.37. The number of pyridine rings is 1. The number of hydrogen-bond acceptors (Lipinski definition) is 3. The first kappa shape index (κ1) is 13.8. The standard InChI is InChI=1S/C15H12BrFN4/c1-21-15(18)12(9-4-3-7-19-8-9)14(20-21)10-5-2-6-11(16)13(10)17/h2-8H,18H2,1H3. The molecule has 106 valence electrons. The molecule has 0 bridgehead atoms. The maximum atomic E-state index is 14.4. The van der Waals surface area contributed by atoms with Crippen LogP contribution in [0.3, 0.4) is 0 Å². The van der Waals surface area contributed by atoms with E-state index in [1.165, 1.54) is 4.68 Å². The molecule has 0 atom stereocenters. The summed E-state index contributed by atoms with van der Waals surface area (Å²) in [4.78, 5) is 4.09. The van der Waals surface area contributed by atoms with Crippen molar-refractivity contribution < 1.29 is 4.39 Å². The number of nitrogen functional groups attached to an aromatic ring is 1. The lowest BCUT2D eigenvalue weighted by molar-refractivity contribution is 0.623. The minimum atomic E-state index is -0.360. The number of halogens is 2. The Morgan fingerprint density at radius 1 is 1.24 bits per heavy atom. The Morgan fingerprint density at radius 2 is 2.05 bits per heavy atom. The van der Waals surface area contributed by atoms with Gasteiger partial charge >= 0.3 is 0 Å². The summed E-state index contributed by atoms with van der Waals surface area (Å²) >= 11 is 3.20. The number of hydrogen-bond donors (Lipinski definition) is 1. The average Bonchev–Trinajstić information content (AvgIpc) is 2.78. The molecule has 0 aliphatic heterocycles. The average molecular weight is 347 g/mol. The first-order valence-corrected chi connectivity index (χ1v) is 7.06. The molecule has 0 fully saturated rings. The van der Waals surface area contributed by atoms with E-state index >= 15 is 0 Å². The molecular weight excluding hydrogens is 335 g/mol. The van der Waals surface area contributed by atoms with Crippen LogP contribution >= 0.6 is 15.9 Å². The second kappa shape index (κ2) is 5.29. The van der Waals surface area contributed by atoms with Gasteiger partial charge in [0.05, 0.1) is 10.0 Å². The summed E-state index contributed by atoms with van der Waals surface area (Å²) < 4.78 is 16.3. The molecule has 0 saturated heterocycles. The van der Waals surface area contributed by atoms with E-state index in [0.29, 0.717) is 27.1 Å². The zero-order chi connectivity index (χ0) is 15.0. The molecule has 1 aromatic carbocycles. The molecule has 21 heavy (non-hydrogen) atoms. The van der Waals surface area contributed by atoms with Gasteiger partial charge in [0.25, 0.3) is 0 Å². The minimum Gasteiger partial charge on any atom is -0.383 e. The minimum absolute atomic E-state index is 0.360. The van der Waals surface area contributed by atoms with Gasteiger partial charge in [-0.25, -0.2) is 4.39 Å². The summed E-state index contributed by atoms with van der Waals surface area (Å²) in [5.74, 6) is 0.109. The fraction of sp³-hybridized carbons (Fsp3) is 0.0667. The third kappa shape index (κ3) is 2.31. The first-order chi connectivity index (χ1) is 10.1. The number of rotatable bonds is 2. The van der Waals surface area contributed by atoms with E-state index < -0.39 is 0 Å². The number of benzene rings is 1. The monoisotopic (exact) mass is 346 g/mol. The maximum Gasteiger partial charge on any atom is 0.146 e. The quantitative estimate of drug-likeness (QED) is 0.770. The van der Waals surface area contributed by atoms with E-state index in [0.717, 1.165) is 5.56 Å². The van der Waals surface area contributed by atoms with Crippen molar-refractivity contribution in [3.8, 4) is 22.4 Å². The largest absolute Gasteiger partial charge is 0.383 e. The number of aromatic nitrogens is 3. The lowest BCUT2D eigenvalue weighted by Crippen LogP contribution is -1.98. The fourth-order valence-electron chi connectivity index (χ4n) is 2.21. The Labute approximate surface area is 129 Å². The van der Waals surface area contributed by atoms with Crippen LogP contribution in [0.25, 0.3) is 22.4 Å². The van der Waals surface area contributed by atoms with Crippen LogP contribution < -0.4 is 5.73 Å². The normalized spacial score (nSPS) is 10.8. The highest BCUT2D eigenvalue weighted by atomic mass is 79.9. The van der Waals surface area contributed by atoms with Gasteiger partial charge < -0.3 is 5.73 Å². The smallest absolute Gasteiger partial charge is 0.146 e. The molecule has 2 aromatic heterocycles. The molecule has 0 saturated carbocycles. The van der Waals surface area contributed by atoms with Gasteiger partial charge in [-0.2, -0.15) is 5.10 Å². The molecular formula is C15H12BrFN4. The highest BCUT2D eigenvalue weighted by molar-refractivity contribution is 9.10. The number of aryl methyl sites for hydroxylation is 1. The summed E-state index contributed by atoms with van der Waals surface area (Å²) in [6.45, 7) is 0. The lowest BCUT2D eigenvalue weighted by Gasteiger charge is -2.06. The number of nitrogens with two attached hydrogens (primary N) is 1. The van der Waals surface area contributed by atoms with Crippen LogP contribution in [-0.4, -0.2) is 14.8 Å². The van der Waals surface area contributed by atoms with Crippen LogP contribution in [0.15, 0.2) is 47.2 Å². The molecule has 0 spiro atoms. The second-order valence-corrected chi connectivity index (χ2v) is 5.43. The molecule has 0 aliphatic rings. The van der Waals surface area contributed by atoms with Crippen LogP contribution in [0.1, 0.15) is 0 Å². The lowest BCUT2D eigenvalue weighted by atomic mass is 10.0. The summed E-state index contributed by atoms with van der Waals surface area (Å²) in [6, 6.07) is 8.78. The Bertz CT molecular complexity index is 799. The van der Waals surface area contributed by atoms with Crippen LogP contribution in [0.5, 0.6) is 0 Å². The Morgan fingerprint density at radius 3 is 2.76 bits per heavy atom. The molecule has 6 heteroatoms. The van der Waals surface area contributed by atoms with Crippen LogP contribution in [0, 0.1) is 5.82 Å². The van der Waals surface area contributed by atoms with Gasteiger partial charge in [-0.15, -0.1) is 0 Å². The zero-order valence-electron chi connectivity index (χ0n) is 11.2. The number of nitrogens with zero attached hydrogens (tertiary/aromatic N) is 3. The summed E-state index contributed by atoms with van der Waals surface area (Å²) in [6.07, 6.45) is 3.36. The molecule has 0 radical (unpaired) electrons. The highest BCUT2D eigenvalue weighted by Gasteiger charge is 2.20. The van der Waals surface area contributed by atoms with Gasteiger partial charge in [0.2, 0.25) is 0 Å². The van der Waals surface area contributed by atoms with Gasteiger partial charge in [-0.05, 0) is 34.1 Å². The van der Waals surface area contributed by atoms with Crippen LogP contribution in [0.4, 0.5) is 10.2 Å². The van der Waals surface area contributed by atoms with E-state index in [1.807, 2.05) is 12.1 Å². The van der Waals surface area contributed by atoms with Crippen molar-refractivity contribution in [2.75, 3.05) is 5.73 Å². The number of anilines is 1. The predicted molar refractivity (Wildman–Crippen MR) is 83.9 cm³/mol. The van der Waals surface area contributed by atoms with E-state index in [9.17, 15) is 4.39 Å². The molecule has 0 amide bonds. The molecule has 2 N–H and O–H groups in total. The van der Waals surface area contributed by atoms with E-state index in [1.54, 1.807) is 37.6 Å². The molecule has 2 heterocycles. The zero-order valence-corrected chi connectivity index (χ0v) is 12.8. The molecule has 3 aromatic rings. The van der Waals surface area contributed by atoms with Crippen molar-refractivity contribution in [1.29, 1.82) is 0 Å². The predicted octanol–water partition coefficient (Wildman–Crippen LogP) is 3.63. The summed E-state index contributed by atoms with van der Waals surface area (Å²) in [5.41, 5.74) is 8.49. The van der Waals surface area contributed by atoms with Crippen molar-refractivity contribution in [2.45, 2.75) is 0 Å². The molecule has 0 aliphatic carbocycles. The van der Waals surface area contributed by atoms with Crippen molar-refractivity contribution >= 4 is 21.7 Å².